The minimum Gasteiger partial charge on any atom is -0.356 e. The van der Waals surface area contributed by atoms with Gasteiger partial charge in [-0.2, -0.15) is 0 Å². The van der Waals surface area contributed by atoms with Gasteiger partial charge in [0.2, 0.25) is 0 Å². The molecule has 0 aliphatic heterocycles. The van der Waals surface area contributed by atoms with Gasteiger partial charge in [-0.15, -0.1) is 34.2 Å². The lowest BCUT2D eigenvalue weighted by Gasteiger charge is -2.38. The summed E-state index contributed by atoms with van der Waals surface area (Å²) in [4.78, 5) is 4.40. The van der Waals surface area contributed by atoms with Crippen molar-refractivity contribution in [1.82, 2.24) is 25.4 Å². The molecule has 1 aromatic carbocycles. The lowest BCUT2D eigenvalue weighted by molar-refractivity contribution is 0.291. The monoisotopic (exact) mass is 560 g/mol. The van der Waals surface area contributed by atoms with Crippen LogP contribution in [0.4, 0.5) is 0 Å². The molecule has 1 aromatic heterocycles. The van der Waals surface area contributed by atoms with Crippen molar-refractivity contribution in [1.29, 1.82) is 0 Å². The van der Waals surface area contributed by atoms with Crippen LogP contribution in [0.3, 0.4) is 0 Å². The number of aromatic nitrogens is 3. The van der Waals surface area contributed by atoms with Gasteiger partial charge in [-0.25, -0.2) is 0 Å². The summed E-state index contributed by atoms with van der Waals surface area (Å²) in [5.41, 5.74) is 1.56. The number of nitrogens with zero attached hydrogens (tertiary/aromatic N) is 4. The van der Waals surface area contributed by atoms with Gasteiger partial charge < -0.3 is 15.2 Å². The fourth-order valence-corrected chi connectivity index (χ4v) is 4.33. The molecule has 0 unspecified atom stereocenters. The molecule has 1 aliphatic rings. The third-order valence-corrected chi connectivity index (χ3v) is 6.01. The zero-order chi connectivity index (χ0) is 19.1. The van der Waals surface area contributed by atoms with Crippen LogP contribution in [0.5, 0.6) is 0 Å². The van der Waals surface area contributed by atoms with Crippen LogP contribution in [0.1, 0.15) is 50.4 Å². The molecule has 1 saturated carbocycles. The third-order valence-electron chi connectivity index (χ3n) is 5.52. The normalized spacial score (nSPS) is 16.3. The van der Waals surface area contributed by atoms with Crippen molar-refractivity contribution < 1.29 is 0 Å². The molecule has 154 valence electrons. The standard InChI is InChI=1S/C20H29BrN6.HI/c1-3-27-15-25-26-18(27)13-23-19(22-2)24-14-20(10-5-4-6-11-20)16-8-7-9-17(21)12-16;/h7-9,12,15H,3-6,10-11,13-14H2,1-2H3,(H2,22,23,24);1H. The van der Waals surface area contributed by atoms with E-state index < -0.39 is 0 Å². The summed E-state index contributed by atoms with van der Waals surface area (Å²) >= 11 is 3.64. The van der Waals surface area contributed by atoms with E-state index in [4.69, 9.17) is 0 Å². The van der Waals surface area contributed by atoms with Gasteiger partial charge in [-0.1, -0.05) is 47.3 Å². The molecule has 0 bridgehead atoms. The molecule has 0 atom stereocenters. The maximum atomic E-state index is 4.40. The molecule has 2 aromatic rings. The van der Waals surface area contributed by atoms with Crippen LogP contribution in [0.2, 0.25) is 0 Å². The molecule has 6 nitrogen and oxygen atoms in total. The zero-order valence-corrected chi connectivity index (χ0v) is 20.5. The fraction of sp³-hybridized carbons (Fsp3) is 0.550. The molecule has 1 heterocycles. The number of hydrogen-bond acceptors (Lipinski definition) is 3. The van der Waals surface area contributed by atoms with Gasteiger partial charge in [0.15, 0.2) is 11.8 Å². The summed E-state index contributed by atoms with van der Waals surface area (Å²) in [6.45, 7) is 4.44. The minimum absolute atomic E-state index is 0. The van der Waals surface area contributed by atoms with Gasteiger partial charge in [0, 0.05) is 30.0 Å². The molecule has 1 fully saturated rings. The van der Waals surface area contributed by atoms with Crippen molar-refractivity contribution in [3.8, 4) is 0 Å². The lowest BCUT2D eigenvalue weighted by atomic mass is 9.69. The second-order valence-corrected chi connectivity index (χ2v) is 8.08. The Morgan fingerprint density at radius 3 is 2.71 bits per heavy atom. The van der Waals surface area contributed by atoms with E-state index in [1.807, 2.05) is 11.6 Å². The summed E-state index contributed by atoms with van der Waals surface area (Å²) in [6, 6.07) is 8.77. The number of benzene rings is 1. The maximum absolute atomic E-state index is 4.40. The van der Waals surface area contributed by atoms with Crippen LogP contribution in [0.25, 0.3) is 0 Å². The first-order valence-corrected chi connectivity index (χ1v) is 10.5. The summed E-state index contributed by atoms with van der Waals surface area (Å²) in [5.74, 6) is 1.72. The number of rotatable bonds is 6. The van der Waals surface area contributed by atoms with E-state index in [2.05, 4.69) is 72.9 Å². The van der Waals surface area contributed by atoms with E-state index in [0.29, 0.717) is 6.54 Å². The quantitative estimate of drug-likeness (QED) is 0.315. The molecule has 28 heavy (non-hydrogen) atoms. The highest BCUT2D eigenvalue weighted by Crippen LogP contribution is 2.39. The number of guanidine groups is 1. The lowest BCUT2D eigenvalue weighted by Crippen LogP contribution is -2.46. The predicted molar refractivity (Wildman–Crippen MR) is 128 cm³/mol. The van der Waals surface area contributed by atoms with E-state index in [9.17, 15) is 0 Å². The van der Waals surface area contributed by atoms with E-state index >= 15 is 0 Å². The highest BCUT2D eigenvalue weighted by Gasteiger charge is 2.34. The summed E-state index contributed by atoms with van der Waals surface area (Å²) in [7, 11) is 1.81. The first kappa shape index (κ1) is 23.1. The van der Waals surface area contributed by atoms with Crippen LogP contribution in [-0.4, -0.2) is 34.3 Å². The molecule has 0 radical (unpaired) electrons. The Kier molecular flexibility index (Phi) is 9.20. The third kappa shape index (κ3) is 5.68. The van der Waals surface area contributed by atoms with Crippen molar-refractivity contribution in [2.24, 2.45) is 4.99 Å². The van der Waals surface area contributed by atoms with Crippen LogP contribution < -0.4 is 10.6 Å². The van der Waals surface area contributed by atoms with Crippen LogP contribution in [0.15, 0.2) is 40.1 Å². The van der Waals surface area contributed by atoms with Crippen molar-refractivity contribution in [2.45, 2.75) is 57.5 Å². The van der Waals surface area contributed by atoms with Gasteiger partial charge in [0.05, 0.1) is 6.54 Å². The largest absolute Gasteiger partial charge is 0.356 e. The Morgan fingerprint density at radius 1 is 1.25 bits per heavy atom. The highest BCUT2D eigenvalue weighted by atomic mass is 127. The van der Waals surface area contributed by atoms with Gasteiger partial charge in [-0.05, 0) is 37.5 Å². The fourth-order valence-electron chi connectivity index (χ4n) is 3.93. The van der Waals surface area contributed by atoms with Gasteiger partial charge in [0.25, 0.3) is 0 Å². The topological polar surface area (TPSA) is 67.1 Å². The number of hydrogen-bond donors (Lipinski definition) is 2. The molecule has 3 rings (SSSR count). The number of nitrogens with one attached hydrogen (secondary N) is 2. The first-order chi connectivity index (χ1) is 13.2. The Hall–Kier alpha value is -1.16. The average molecular weight is 561 g/mol. The van der Waals surface area contributed by atoms with Crippen LogP contribution >= 0.6 is 39.9 Å². The Balaban J connectivity index is 0.00000280. The summed E-state index contributed by atoms with van der Waals surface area (Å²) in [6.07, 6.45) is 8.06. The predicted octanol–water partition coefficient (Wildman–Crippen LogP) is 4.25. The maximum Gasteiger partial charge on any atom is 0.191 e. The van der Waals surface area contributed by atoms with Crippen LogP contribution in [0, 0.1) is 0 Å². The van der Waals surface area contributed by atoms with E-state index in [1.54, 1.807) is 6.33 Å². The van der Waals surface area contributed by atoms with Crippen LogP contribution in [-0.2, 0) is 18.5 Å². The zero-order valence-electron chi connectivity index (χ0n) is 16.6. The van der Waals surface area contributed by atoms with Crippen molar-refractivity contribution in [2.75, 3.05) is 13.6 Å². The SMILES string of the molecule is CCn1cnnc1CNC(=NC)NCC1(c2cccc(Br)c2)CCCCC1.I. The number of aliphatic imine (C=N–C) groups is 1. The highest BCUT2D eigenvalue weighted by molar-refractivity contribution is 14.0. The molecule has 0 saturated heterocycles. The molecular formula is C20H30BrIN6. The second-order valence-electron chi connectivity index (χ2n) is 7.16. The van der Waals surface area contributed by atoms with Crippen molar-refractivity contribution in [3.05, 3.63) is 46.5 Å². The van der Waals surface area contributed by atoms with Crippen molar-refractivity contribution in [3.63, 3.8) is 0 Å². The van der Waals surface area contributed by atoms with E-state index in [1.165, 1.54) is 37.7 Å². The molecular weight excluding hydrogens is 531 g/mol. The first-order valence-electron chi connectivity index (χ1n) is 9.74. The number of halogens is 2. The Labute approximate surface area is 193 Å². The van der Waals surface area contributed by atoms with Crippen molar-refractivity contribution >= 4 is 45.9 Å². The van der Waals surface area contributed by atoms with Gasteiger partial charge in [0.1, 0.15) is 6.33 Å². The van der Waals surface area contributed by atoms with Gasteiger partial charge >= 0.3 is 0 Å². The molecule has 0 amide bonds. The molecule has 1 aliphatic carbocycles. The molecule has 8 heteroatoms. The summed E-state index contributed by atoms with van der Waals surface area (Å²) in [5, 5.41) is 15.1. The molecule has 0 spiro atoms. The summed E-state index contributed by atoms with van der Waals surface area (Å²) < 4.78 is 3.18. The Bertz CT molecular complexity index is 770. The van der Waals surface area contributed by atoms with E-state index in [-0.39, 0.29) is 29.4 Å². The molecule has 2 N–H and O–H groups in total. The second kappa shape index (κ2) is 11.1. The average Bonchev–Trinajstić information content (AvgIpc) is 3.16. The minimum atomic E-state index is 0. The van der Waals surface area contributed by atoms with Gasteiger partial charge in [-0.3, -0.25) is 4.99 Å². The smallest absolute Gasteiger partial charge is 0.191 e. The Morgan fingerprint density at radius 2 is 2.04 bits per heavy atom. The number of aryl methyl sites for hydroxylation is 1. The van der Waals surface area contributed by atoms with E-state index in [0.717, 1.165) is 29.3 Å².